The van der Waals surface area contributed by atoms with Crippen molar-refractivity contribution in [1.82, 2.24) is 0 Å². The van der Waals surface area contributed by atoms with Crippen LogP contribution >= 0.6 is 0 Å². The van der Waals surface area contributed by atoms with Crippen molar-refractivity contribution in [2.24, 2.45) is 5.92 Å². The first-order valence-corrected chi connectivity index (χ1v) is 5.12. The summed E-state index contributed by atoms with van der Waals surface area (Å²) in [4.78, 5) is 22.3. The maximum absolute atomic E-state index is 11.5. The van der Waals surface area contributed by atoms with E-state index in [1.807, 2.05) is 30.3 Å². The van der Waals surface area contributed by atoms with E-state index in [-0.39, 0.29) is 31.6 Å². The van der Waals surface area contributed by atoms with Crippen LogP contribution in [0.1, 0.15) is 12.0 Å². The Labute approximate surface area is 93.2 Å². The van der Waals surface area contributed by atoms with Crippen molar-refractivity contribution in [2.75, 3.05) is 6.61 Å². The van der Waals surface area contributed by atoms with Crippen LogP contribution in [0.4, 0.5) is 0 Å². The number of esters is 2. The van der Waals surface area contributed by atoms with Crippen LogP contribution in [0.2, 0.25) is 0 Å². The highest BCUT2D eigenvalue weighted by Gasteiger charge is 2.31. The molecule has 0 radical (unpaired) electrons. The molecule has 0 aromatic heterocycles. The second kappa shape index (κ2) is 4.79. The Morgan fingerprint density at radius 3 is 2.75 bits per heavy atom. The lowest BCUT2D eigenvalue weighted by Crippen LogP contribution is -2.17. The average Bonchev–Trinajstić information content (AvgIpc) is 2.74. The van der Waals surface area contributed by atoms with Crippen LogP contribution in [0, 0.1) is 5.92 Å². The van der Waals surface area contributed by atoms with E-state index in [4.69, 9.17) is 9.47 Å². The molecule has 1 aromatic carbocycles. The summed E-state index contributed by atoms with van der Waals surface area (Å²) < 4.78 is 9.79. The average molecular weight is 220 g/mol. The van der Waals surface area contributed by atoms with Gasteiger partial charge in [0, 0.05) is 0 Å². The Kier molecular flexibility index (Phi) is 3.19. The molecule has 0 amide bonds. The summed E-state index contributed by atoms with van der Waals surface area (Å²) in [6, 6.07) is 9.42. The number of rotatable bonds is 3. The fraction of sp³-hybridized carbons (Fsp3) is 0.333. The summed E-state index contributed by atoms with van der Waals surface area (Å²) in [5.41, 5.74) is 0.932. The lowest BCUT2D eigenvalue weighted by Gasteiger charge is -2.07. The number of benzene rings is 1. The number of ether oxygens (including phenoxy) is 2. The van der Waals surface area contributed by atoms with E-state index in [1.165, 1.54) is 0 Å². The third-order valence-electron chi connectivity index (χ3n) is 2.42. The lowest BCUT2D eigenvalue weighted by atomic mass is 10.1. The zero-order valence-electron chi connectivity index (χ0n) is 8.72. The molecule has 0 N–H and O–H groups in total. The smallest absolute Gasteiger partial charge is 0.313 e. The van der Waals surface area contributed by atoms with Gasteiger partial charge in [0.2, 0.25) is 0 Å². The molecular formula is C12H12O4. The zero-order chi connectivity index (χ0) is 11.4. The van der Waals surface area contributed by atoms with Gasteiger partial charge in [0.1, 0.15) is 19.1 Å². The number of carbonyl (C=O) groups excluding carboxylic acids is 2. The van der Waals surface area contributed by atoms with E-state index in [0.717, 1.165) is 5.56 Å². The summed E-state index contributed by atoms with van der Waals surface area (Å²) in [6.07, 6.45) is 0.133. The fourth-order valence-corrected chi connectivity index (χ4v) is 1.51. The van der Waals surface area contributed by atoms with Crippen LogP contribution < -0.4 is 0 Å². The summed E-state index contributed by atoms with van der Waals surface area (Å²) in [6.45, 7) is 0.386. The van der Waals surface area contributed by atoms with Crippen LogP contribution in [0.3, 0.4) is 0 Å². The maximum atomic E-state index is 11.5. The van der Waals surface area contributed by atoms with Gasteiger partial charge in [-0.2, -0.15) is 0 Å². The van der Waals surface area contributed by atoms with Crippen LogP contribution in [-0.4, -0.2) is 18.5 Å². The van der Waals surface area contributed by atoms with Crippen molar-refractivity contribution in [1.29, 1.82) is 0 Å². The monoisotopic (exact) mass is 220 g/mol. The molecule has 1 saturated heterocycles. The normalized spacial score (nSPS) is 19.2. The van der Waals surface area contributed by atoms with Gasteiger partial charge in [-0.05, 0) is 5.56 Å². The molecule has 4 heteroatoms. The predicted octanol–water partition coefficient (Wildman–Crippen LogP) is 1.29. The molecule has 2 rings (SSSR count). The van der Waals surface area contributed by atoms with E-state index in [0.29, 0.717) is 0 Å². The summed E-state index contributed by atoms with van der Waals surface area (Å²) >= 11 is 0. The van der Waals surface area contributed by atoms with Gasteiger partial charge in [-0.1, -0.05) is 30.3 Å². The SMILES string of the molecule is O=C1C[C@H](C(=O)OCc2ccccc2)CO1. The fourth-order valence-electron chi connectivity index (χ4n) is 1.51. The van der Waals surface area contributed by atoms with Gasteiger partial charge >= 0.3 is 11.9 Å². The first kappa shape index (κ1) is 10.7. The summed E-state index contributed by atoms with van der Waals surface area (Å²) in [5.74, 6) is -1.13. The van der Waals surface area contributed by atoms with Crippen molar-refractivity contribution >= 4 is 11.9 Å². The van der Waals surface area contributed by atoms with Gasteiger partial charge < -0.3 is 9.47 Å². The molecule has 0 saturated carbocycles. The minimum absolute atomic E-state index is 0.133. The van der Waals surface area contributed by atoms with Crippen molar-refractivity contribution < 1.29 is 19.1 Å². The Morgan fingerprint density at radius 2 is 2.12 bits per heavy atom. The highest BCUT2D eigenvalue weighted by molar-refractivity contribution is 5.82. The summed E-state index contributed by atoms with van der Waals surface area (Å²) in [5, 5.41) is 0. The van der Waals surface area contributed by atoms with Gasteiger partial charge in [-0.3, -0.25) is 9.59 Å². The second-order valence-electron chi connectivity index (χ2n) is 3.68. The molecule has 84 valence electrons. The van der Waals surface area contributed by atoms with Crippen LogP contribution in [0.15, 0.2) is 30.3 Å². The Morgan fingerprint density at radius 1 is 1.38 bits per heavy atom. The molecule has 1 fully saturated rings. The van der Waals surface area contributed by atoms with Gasteiger partial charge in [0.05, 0.1) is 6.42 Å². The van der Waals surface area contributed by atoms with Crippen molar-refractivity contribution in [3.05, 3.63) is 35.9 Å². The van der Waals surface area contributed by atoms with Crippen LogP contribution in [0.25, 0.3) is 0 Å². The highest BCUT2D eigenvalue weighted by Crippen LogP contribution is 2.16. The van der Waals surface area contributed by atoms with Crippen LogP contribution in [0.5, 0.6) is 0 Å². The number of hydrogen-bond acceptors (Lipinski definition) is 4. The van der Waals surface area contributed by atoms with E-state index < -0.39 is 5.92 Å². The zero-order valence-corrected chi connectivity index (χ0v) is 8.72. The number of carbonyl (C=O) groups is 2. The molecule has 1 aliphatic heterocycles. The molecule has 1 atom stereocenters. The predicted molar refractivity (Wildman–Crippen MR) is 55.3 cm³/mol. The van der Waals surface area contributed by atoms with Crippen molar-refractivity contribution in [3.8, 4) is 0 Å². The third kappa shape index (κ3) is 2.59. The highest BCUT2D eigenvalue weighted by atomic mass is 16.6. The third-order valence-corrected chi connectivity index (χ3v) is 2.42. The quantitative estimate of drug-likeness (QED) is 0.720. The molecule has 0 bridgehead atoms. The van der Waals surface area contributed by atoms with Gasteiger partial charge in [0.25, 0.3) is 0 Å². The number of cyclic esters (lactones) is 1. The Bertz CT molecular complexity index is 385. The topological polar surface area (TPSA) is 52.6 Å². The largest absolute Gasteiger partial charge is 0.465 e. The summed E-state index contributed by atoms with van der Waals surface area (Å²) in [7, 11) is 0. The molecule has 4 nitrogen and oxygen atoms in total. The van der Waals surface area contributed by atoms with Crippen molar-refractivity contribution in [2.45, 2.75) is 13.0 Å². The molecule has 1 heterocycles. The Balaban J connectivity index is 1.82. The molecule has 0 unspecified atom stereocenters. The van der Waals surface area contributed by atoms with Gasteiger partial charge in [-0.15, -0.1) is 0 Å². The molecule has 0 spiro atoms. The second-order valence-corrected chi connectivity index (χ2v) is 3.68. The first-order valence-electron chi connectivity index (χ1n) is 5.12. The molecule has 0 aliphatic carbocycles. The molecule has 1 aliphatic rings. The van der Waals surface area contributed by atoms with Crippen molar-refractivity contribution in [3.63, 3.8) is 0 Å². The van der Waals surface area contributed by atoms with Crippen LogP contribution in [-0.2, 0) is 25.7 Å². The van der Waals surface area contributed by atoms with Gasteiger partial charge in [0.15, 0.2) is 0 Å². The van der Waals surface area contributed by atoms with E-state index in [2.05, 4.69) is 0 Å². The Hall–Kier alpha value is -1.84. The van der Waals surface area contributed by atoms with E-state index in [9.17, 15) is 9.59 Å². The standard InChI is InChI=1S/C12H12O4/c13-11-6-10(8-15-11)12(14)16-7-9-4-2-1-3-5-9/h1-5,10H,6-8H2/t10-/m0/s1. The molecule has 1 aromatic rings. The minimum atomic E-state index is -0.434. The lowest BCUT2D eigenvalue weighted by molar-refractivity contribution is -0.149. The van der Waals surface area contributed by atoms with E-state index >= 15 is 0 Å². The molecular weight excluding hydrogens is 208 g/mol. The minimum Gasteiger partial charge on any atom is -0.465 e. The number of hydrogen-bond donors (Lipinski definition) is 0. The first-order chi connectivity index (χ1) is 7.75. The molecule has 16 heavy (non-hydrogen) atoms. The van der Waals surface area contributed by atoms with E-state index in [1.54, 1.807) is 0 Å². The maximum Gasteiger partial charge on any atom is 0.313 e. The van der Waals surface area contributed by atoms with Gasteiger partial charge in [-0.25, -0.2) is 0 Å².